The molecule has 2 aliphatic heterocycles. The summed E-state index contributed by atoms with van der Waals surface area (Å²) in [6.07, 6.45) is -0.582. The second kappa shape index (κ2) is 5.41. The Morgan fingerprint density at radius 1 is 1.53 bits per heavy atom. The van der Waals surface area contributed by atoms with Crippen LogP contribution in [0.15, 0.2) is 0 Å². The molecule has 0 radical (unpaired) electrons. The number of aliphatic hydroxyl groups excluding tert-OH is 1. The molecule has 0 aromatic rings. The molecule has 2 rings (SSSR count). The minimum atomic E-state index is -1.19. The van der Waals surface area contributed by atoms with Crippen molar-refractivity contribution >= 4 is 5.78 Å². The number of rotatable bonds is 4. The number of ether oxygens (including phenoxy) is 3. The quantitative estimate of drug-likeness (QED) is 0.724. The van der Waals surface area contributed by atoms with Gasteiger partial charge in [-0.1, -0.05) is 0 Å². The Bertz CT molecular complexity index is 277. The van der Waals surface area contributed by atoms with E-state index in [9.17, 15) is 4.79 Å². The van der Waals surface area contributed by atoms with Crippen molar-refractivity contribution in [3.8, 4) is 0 Å². The van der Waals surface area contributed by atoms with E-state index in [-0.39, 0.29) is 24.9 Å². The van der Waals surface area contributed by atoms with Crippen LogP contribution in [0.1, 0.15) is 13.3 Å². The molecule has 2 saturated heterocycles. The summed E-state index contributed by atoms with van der Waals surface area (Å²) in [5.41, 5.74) is 0. The Kier molecular flexibility index (Phi) is 4.11. The first-order valence-electron chi connectivity index (χ1n) is 6.02. The summed E-state index contributed by atoms with van der Waals surface area (Å²) < 4.78 is 16.5. The van der Waals surface area contributed by atoms with E-state index in [1.54, 1.807) is 4.90 Å². The number of carbonyl (C=O) groups excluding carboxylic acids is 1. The third kappa shape index (κ3) is 2.51. The van der Waals surface area contributed by atoms with Gasteiger partial charge in [0.2, 0.25) is 0 Å². The van der Waals surface area contributed by atoms with E-state index in [1.165, 1.54) is 0 Å². The topological polar surface area (TPSA) is 68.2 Å². The highest BCUT2D eigenvalue weighted by molar-refractivity contribution is 5.83. The van der Waals surface area contributed by atoms with Gasteiger partial charge in [0.05, 0.1) is 33.0 Å². The van der Waals surface area contributed by atoms with Crippen molar-refractivity contribution in [2.75, 3.05) is 39.5 Å². The number of Topliss-reactive ketones (excluding diaryl/α,β-unsaturated/α-hetero) is 1. The first kappa shape index (κ1) is 12.9. The Morgan fingerprint density at radius 3 is 2.76 bits per heavy atom. The van der Waals surface area contributed by atoms with E-state index in [4.69, 9.17) is 19.3 Å². The molecular formula is C11H19NO5. The maximum Gasteiger partial charge on any atom is 0.354 e. The van der Waals surface area contributed by atoms with Gasteiger partial charge in [-0.15, -0.1) is 0 Å². The molecule has 1 unspecified atom stereocenters. The zero-order valence-electron chi connectivity index (χ0n) is 10.1. The molecule has 0 aromatic carbocycles. The van der Waals surface area contributed by atoms with E-state index >= 15 is 0 Å². The van der Waals surface area contributed by atoms with Crippen molar-refractivity contribution < 1.29 is 24.1 Å². The number of nitrogens with zero attached hydrogens (tertiary/aromatic N) is 1. The summed E-state index contributed by atoms with van der Waals surface area (Å²) >= 11 is 0. The molecule has 0 saturated carbocycles. The number of aliphatic hydroxyl groups is 1. The molecule has 2 aliphatic rings. The molecule has 0 amide bonds. The smallest absolute Gasteiger partial charge is 0.354 e. The number of piperidine rings is 1. The minimum absolute atomic E-state index is 0.0110. The van der Waals surface area contributed by atoms with Crippen LogP contribution in [-0.4, -0.2) is 61.4 Å². The maximum absolute atomic E-state index is 11.8. The Morgan fingerprint density at radius 2 is 2.24 bits per heavy atom. The van der Waals surface area contributed by atoms with Crippen molar-refractivity contribution in [1.82, 2.24) is 4.90 Å². The highest BCUT2D eigenvalue weighted by atomic mass is 16.9. The fraction of sp³-hybridized carbons (Fsp3) is 0.909. The predicted molar refractivity (Wildman–Crippen MR) is 58.0 cm³/mol. The third-order valence-electron chi connectivity index (χ3n) is 3.14. The summed E-state index contributed by atoms with van der Waals surface area (Å²) in [7, 11) is 0. The molecule has 17 heavy (non-hydrogen) atoms. The number of carbonyl (C=O) groups is 1. The van der Waals surface area contributed by atoms with Gasteiger partial charge in [0.25, 0.3) is 0 Å². The molecular weight excluding hydrogens is 226 g/mol. The van der Waals surface area contributed by atoms with Crippen molar-refractivity contribution in [3.63, 3.8) is 0 Å². The van der Waals surface area contributed by atoms with Gasteiger partial charge in [0, 0.05) is 12.5 Å². The molecule has 0 aliphatic carbocycles. The fourth-order valence-electron chi connectivity index (χ4n) is 2.22. The van der Waals surface area contributed by atoms with Gasteiger partial charge < -0.3 is 19.3 Å². The monoisotopic (exact) mass is 245 g/mol. The van der Waals surface area contributed by atoms with Crippen molar-refractivity contribution in [3.05, 3.63) is 0 Å². The molecule has 0 bridgehead atoms. The van der Waals surface area contributed by atoms with Gasteiger partial charge in [-0.05, 0) is 13.3 Å². The van der Waals surface area contributed by atoms with Crippen molar-refractivity contribution in [2.24, 2.45) is 5.92 Å². The lowest BCUT2D eigenvalue weighted by atomic mass is 9.96. The highest BCUT2D eigenvalue weighted by Crippen LogP contribution is 2.29. The molecule has 0 aromatic heterocycles. The largest absolute Gasteiger partial charge is 0.396 e. The molecule has 1 N–H and O–H groups in total. The molecule has 1 atom stereocenters. The third-order valence-corrected chi connectivity index (χ3v) is 3.14. The first-order valence-corrected chi connectivity index (χ1v) is 6.02. The fourth-order valence-corrected chi connectivity index (χ4v) is 2.22. The normalized spacial score (nSPS) is 29.8. The van der Waals surface area contributed by atoms with E-state index < -0.39 is 6.10 Å². The predicted octanol–water partition coefficient (Wildman–Crippen LogP) is -0.436. The summed E-state index contributed by atoms with van der Waals surface area (Å²) in [4.78, 5) is 13.5. The lowest BCUT2D eigenvalue weighted by Crippen LogP contribution is -2.57. The number of hydrogen-bond acceptors (Lipinski definition) is 6. The zero-order valence-corrected chi connectivity index (χ0v) is 10.1. The Labute approximate surface area is 100 Å². The standard InChI is InChI=1S/C11H19NO5/c1-2-15-11(16-5-6-17-11)12-4-3-9(8-13)10(14)7-12/h9,13H,2-8H2,1H3. The summed E-state index contributed by atoms with van der Waals surface area (Å²) in [6.45, 7) is 3.98. The average Bonchev–Trinajstić information content (AvgIpc) is 2.79. The van der Waals surface area contributed by atoms with Crippen LogP contribution >= 0.6 is 0 Å². The summed E-state index contributed by atoms with van der Waals surface area (Å²) in [5.74, 6) is -0.247. The molecule has 0 spiro atoms. The number of ketones is 1. The number of likely N-dealkylation sites (tertiary alicyclic amines) is 1. The van der Waals surface area contributed by atoms with Gasteiger partial charge in [-0.25, -0.2) is 4.90 Å². The van der Waals surface area contributed by atoms with Gasteiger partial charge in [0.15, 0.2) is 5.78 Å². The second-order valence-corrected chi connectivity index (χ2v) is 4.21. The van der Waals surface area contributed by atoms with Gasteiger partial charge in [-0.3, -0.25) is 4.79 Å². The molecule has 2 heterocycles. The van der Waals surface area contributed by atoms with E-state index in [0.717, 1.165) is 0 Å². The Hall–Kier alpha value is -0.530. The summed E-state index contributed by atoms with van der Waals surface area (Å²) in [6, 6.07) is 0. The lowest BCUT2D eigenvalue weighted by Gasteiger charge is -2.40. The van der Waals surface area contributed by atoms with Crippen molar-refractivity contribution in [1.29, 1.82) is 0 Å². The average molecular weight is 245 g/mol. The van der Waals surface area contributed by atoms with E-state index in [2.05, 4.69) is 0 Å². The zero-order chi connectivity index (χ0) is 12.3. The van der Waals surface area contributed by atoms with Crippen LogP contribution in [0.5, 0.6) is 0 Å². The SMILES string of the molecule is CCOC1(N2CCC(CO)C(=O)C2)OCCO1. The van der Waals surface area contributed by atoms with Gasteiger partial charge >= 0.3 is 6.10 Å². The van der Waals surface area contributed by atoms with Crippen LogP contribution in [0, 0.1) is 5.92 Å². The summed E-state index contributed by atoms with van der Waals surface area (Å²) in [5, 5.41) is 9.05. The first-order chi connectivity index (χ1) is 8.22. The van der Waals surface area contributed by atoms with Crippen LogP contribution in [0.3, 0.4) is 0 Å². The van der Waals surface area contributed by atoms with Crippen LogP contribution in [0.25, 0.3) is 0 Å². The van der Waals surface area contributed by atoms with Crippen molar-refractivity contribution in [2.45, 2.75) is 19.4 Å². The second-order valence-electron chi connectivity index (χ2n) is 4.21. The minimum Gasteiger partial charge on any atom is -0.396 e. The van der Waals surface area contributed by atoms with Crippen LogP contribution < -0.4 is 0 Å². The van der Waals surface area contributed by atoms with Gasteiger partial charge in [0.1, 0.15) is 0 Å². The maximum atomic E-state index is 11.8. The number of hydrogen-bond donors (Lipinski definition) is 1. The molecule has 6 nitrogen and oxygen atoms in total. The molecule has 2 fully saturated rings. The van der Waals surface area contributed by atoms with Crippen LogP contribution in [0.4, 0.5) is 0 Å². The van der Waals surface area contributed by atoms with E-state index in [1.807, 2.05) is 6.92 Å². The van der Waals surface area contributed by atoms with E-state index in [0.29, 0.717) is 32.8 Å². The Balaban J connectivity index is 2.03. The molecule has 98 valence electrons. The van der Waals surface area contributed by atoms with Gasteiger partial charge in [-0.2, -0.15) is 0 Å². The molecule has 6 heteroatoms. The van der Waals surface area contributed by atoms with Crippen LogP contribution in [0.2, 0.25) is 0 Å². The highest BCUT2D eigenvalue weighted by Gasteiger charge is 2.47. The lowest BCUT2D eigenvalue weighted by molar-refractivity contribution is -0.404. The van der Waals surface area contributed by atoms with Crippen LogP contribution in [-0.2, 0) is 19.0 Å².